The van der Waals surface area contributed by atoms with Crippen LogP contribution in [0.25, 0.3) is 5.69 Å². The number of nitrogens with one attached hydrogen (secondary N) is 1. The fraction of sp³-hybridized carbons (Fsp3) is 0.300. The van der Waals surface area contributed by atoms with E-state index in [1.807, 2.05) is 54.2 Å². The Morgan fingerprint density at radius 3 is 2.86 bits per heavy atom. The zero-order chi connectivity index (χ0) is 19.7. The lowest BCUT2D eigenvalue weighted by Crippen LogP contribution is -2.23. The molecule has 0 saturated carbocycles. The largest absolute Gasteiger partial charge is 0.326 e. The standard InChI is InChI=1S/C20H21N5O2S/c1-13-9-14(2)25(23-13)17-6-3-5-15(10-17)21-18(26)11-16-12-28-20(22-16)24-8-4-7-19(24)27/h3,5-6,9-10,12H,4,7-8,11H2,1-2H3,(H,21,26). The lowest BCUT2D eigenvalue weighted by Gasteiger charge is -2.10. The smallest absolute Gasteiger partial charge is 0.230 e. The van der Waals surface area contributed by atoms with Crippen LogP contribution in [0.4, 0.5) is 10.8 Å². The van der Waals surface area contributed by atoms with Gasteiger partial charge in [-0.3, -0.25) is 14.5 Å². The Morgan fingerprint density at radius 2 is 2.14 bits per heavy atom. The maximum Gasteiger partial charge on any atom is 0.230 e. The minimum Gasteiger partial charge on any atom is -0.326 e. The molecule has 1 N–H and O–H groups in total. The van der Waals surface area contributed by atoms with Gasteiger partial charge in [-0.1, -0.05) is 6.07 Å². The van der Waals surface area contributed by atoms with E-state index in [2.05, 4.69) is 15.4 Å². The number of benzene rings is 1. The van der Waals surface area contributed by atoms with Crippen LogP contribution in [0.3, 0.4) is 0 Å². The summed E-state index contributed by atoms with van der Waals surface area (Å²) in [5.74, 6) is -0.0403. The Hall–Kier alpha value is -3.00. The first-order valence-electron chi connectivity index (χ1n) is 9.18. The third-order valence-electron chi connectivity index (χ3n) is 4.57. The van der Waals surface area contributed by atoms with Crippen LogP contribution in [0.5, 0.6) is 0 Å². The average Bonchev–Trinajstić information content (AvgIpc) is 3.35. The summed E-state index contributed by atoms with van der Waals surface area (Å²) >= 11 is 1.40. The van der Waals surface area contributed by atoms with Crippen molar-refractivity contribution in [1.82, 2.24) is 14.8 Å². The van der Waals surface area contributed by atoms with Gasteiger partial charge in [0.2, 0.25) is 11.8 Å². The van der Waals surface area contributed by atoms with Gasteiger partial charge in [-0.25, -0.2) is 9.67 Å². The predicted molar refractivity (Wildman–Crippen MR) is 109 cm³/mol. The van der Waals surface area contributed by atoms with Crippen molar-refractivity contribution in [2.75, 3.05) is 16.8 Å². The van der Waals surface area contributed by atoms with Crippen molar-refractivity contribution in [2.24, 2.45) is 0 Å². The summed E-state index contributed by atoms with van der Waals surface area (Å²) in [6.45, 7) is 4.65. The highest BCUT2D eigenvalue weighted by Crippen LogP contribution is 2.25. The number of aryl methyl sites for hydroxylation is 2. The molecule has 7 nitrogen and oxygen atoms in total. The highest BCUT2D eigenvalue weighted by molar-refractivity contribution is 7.14. The Balaban J connectivity index is 1.43. The van der Waals surface area contributed by atoms with Crippen molar-refractivity contribution < 1.29 is 9.59 Å². The van der Waals surface area contributed by atoms with Crippen LogP contribution in [-0.4, -0.2) is 33.1 Å². The minimum absolute atomic E-state index is 0.103. The molecule has 0 atom stereocenters. The van der Waals surface area contributed by atoms with Gasteiger partial charge in [0.25, 0.3) is 0 Å². The first kappa shape index (κ1) is 18.4. The molecule has 3 aromatic rings. The second-order valence-electron chi connectivity index (χ2n) is 6.88. The molecule has 144 valence electrons. The molecule has 2 aromatic heterocycles. The molecule has 3 heterocycles. The Kier molecular flexibility index (Phi) is 4.95. The normalized spacial score (nSPS) is 13.9. The minimum atomic E-state index is -0.143. The summed E-state index contributed by atoms with van der Waals surface area (Å²) in [4.78, 5) is 30.4. The molecule has 1 fully saturated rings. The van der Waals surface area contributed by atoms with Gasteiger partial charge in [-0.15, -0.1) is 11.3 Å². The molecule has 0 bridgehead atoms. The number of carbonyl (C=O) groups excluding carboxylic acids is 2. The SMILES string of the molecule is Cc1cc(C)n(-c2cccc(NC(=O)Cc3csc(N4CCCC4=O)n3)c2)n1. The van der Waals surface area contributed by atoms with Crippen molar-refractivity contribution in [1.29, 1.82) is 0 Å². The third kappa shape index (κ3) is 3.82. The fourth-order valence-corrected chi connectivity index (χ4v) is 4.19. The molecule has 28 heavy (non-hydrogen) atoms. The molecule has 1 saturated heterocycles. The summed E-state index contributed by atoms with van der Waals surface area (Å²) in [7, 11) is 0. The maximum atomic E-state index is 12.4. The topological polar surface area (TPSA) is 80.1 Å². The molecule has 1 aliphatic rings. The van der Waals surface area contributed by atoms with E-state index in [4.69, 9.17) is 0 Å². The van der Waals surface area contributed by atoms with Gasteiger partial charge in [0.15, 0.2) is 5.13 Å². The molecule has 0 radical (unpaired) electrons. The van der Waals surface area contributed by atoms with Gasteiger partial charge in [0, 0.05) is 29.7 Å². The van der Waals surface area contributed by atoms with E-state index >= 15 is 0 Å². The van der Waals surface area contributed by atoms with Crippen molar-refractivity contribution in [2.45, 2.75) is 33.1 Å². The van der Waals surface area contributed by atoms with Gasteiger partial charge in [-0.2, -0.15) is 5.10 Å². The quantitative estimate of drug-likeness (QED) is 0.719. The molecule has 1 aromatic carbocycles. The van der Waals surface area contributed by atoms with Gasteiger partial charge in [0.1, 0.15) is 0 Å². The second kappa shape index (κ2) is 7.55. The molecule has 0 aliphatic carbocycles. The molecule has 0 unspecified atom stereocenters. The number of anilines is 2. The van der Waals surface area contributed by atoms with Crippen LogP contribution >= 0.6 is 11.3 Å². The van der Waals surface area contributed by atoms with Crippen LogP contribution in [-0.2, 0) is 16.0 Å². The van der Waals surface area contributed by atoms with Crippen LogP contribution < -0.4 is 10.2 Å². The number of rotatable bonds is 5. The van der Waals surface area contributed by atoms with E-state index in [1.54, 1.807) is 4.90 Å². The van der Waals surface area contributed by atoms with E-state index in [9.17, 15) is 9.59 Å². The summed E-state index contributed by atoms with van der Waals surface area (Å²) in [5, 5.41) is 9.91. The fourth-order valence-electron chi connectivity index (χ4n) is 3.33. The molecule has 8 heteroatoms. The molecule has 0 spiro atoms. The summed E-state index contributed by atoms with van der Waals surface area (Å²) in [6.07, 6.45) is 1.60. The summed E-state index contributed by atoms with van der Waals surface area (Å²) in [5.41, 5.74) is 4.26. The van der Waals surface area contributed by atoms with E-state index in [1.165, 1.54) is 11.3 Å². The highest BCUT2D eigenvalue weighted by Gasteiger charge is 2.24. The van der Waals surface area contributed by atoms with Gasteiger partial charge in [-0.05, 0) is 44.5 Å². The number of nitrogens with zero attached hydrogens (tertiary/aromatic N) is 4. The van der Waals surface area contributed by atoms with Crippen LogP contribution in [0.2, 0.25) is 0 Å². The van der Waals surface area contributed by atoms with Crippen LogP contribution in [0.15, 0.2) is 35.7 Å². The lowest BCUT2D eigenvalue weighted by molar-refractivity contribution is -0.117. The molecular weight excluding hydrogens is 374 g/mol. The maximum absolute atomic E-state index is 12.4. The molecular formula is C20H21N5O2S. The average molecular weight is 395 g/mol. The Bertz CT molecular complexity index is 1040. The van der Waals surface area contributed by atoms with Crippen molar-refractivity contribution in [3.63, 3.8) is 0 Å². The number of hydrogen-bond donors (Lipinski definition) is 1. The number of hydrogen-bond acceptors (Lipinski definition) is 5. The number of amides is 2. The van der Waals surface area contributed by atoms with E-state index < -0.39 is 0 Å². The number of thiazole rings is 1. The van der Waals surface area contributed by atoms with E-state index in [0.29, 0.717) is 29.5 Å². The van der Waals surface area contributed by atoms with Crippen molar-refractivity contribution in [3.8, 4) is 5.69 Å². The summed E-state index contributed by atoms with van der Waals surface area (Å²) < 4.78 is 1.85. The van der Waals surface area contributed by atoms with Gasteiger partial charge >= 0.3 is 0 Å². The van der Waals surface area contributed by atoms with Gasteiger partial charge in [0.05, 0.1) is 23.5 Å². The first-order chi connectivity index (χ1) is 13.5. The van der Waals surface area contributed by atoms with E-state index in [0.717, 1.165) is 23.5 Å². The molecule has 4 rings (SSSR count). The number of aromatic nitrogens is 3. The number of carbonyl (C=O) groups is 2. The zero-order valence-corrected chi connectivity index (χ0v) is 16.6. The van der Waals surface area contributed by atoms with Crippen LogP contribution in [0.1, 0.15) is 29.9 Å². The third-order valence-corrected chi connectivity index (χ3v) is 5.48. The van der Waals surface area contributed by atoms with Gasteiger partial charge < -0.3 is 5.32 Å². The Morgan fingerprint density at radius 1 is 1.29 bits per heavy atom. The second-order valence-corrected chi connectivity index (χ2v) is 7.72. The summed E-state index contributed by atoms with van der Waals surface area (Å²) in [6, 6.07) is 9.60. The van der Waals surface area contributed by atoms with Crippen molar-refractivity contribution >= 4 is 34.0 Å². The lowest BCUT2D eigenvalue weighted by atomic mass is 10.2. The molecule has 2 amide bonds. The van der Waals surface area contributed by atoms with Crippen molar-refractivity contribution in [3.05, 3.63) is 52.8 Å². The monoisotopic (exact) mass is 395 g/mol. The predicted octanol–water partition coefficient (Wildman–Crippen LogP) is 3.25. The zero-order valence-electron chi connectivity index (χ0n) is 15.8. The van der Waals surface area contributed by atoms with E-state index in [-0.39, 0.29) is 18.2 Å². The Labute approximate surface area is 167 Å². The highest BCUT2D eigenvalue weighted by atomic mass is 32.1. The molecule has 1 aliphatic heterocycles. The first-order valence-corrected chi connectivity index (χ1v) is 10.1. The van der Waals surface area contributed by atoms with Crippen LogP contribution in [0, 0.1) is 13.8 Å².